The minimum Gasteiger partial charge on any atom is -0.477 e. The highest BCUT2D eigenvalue weighted by Crippen LogP contribution is 2.42. The van der Waals surface area contributed by atoms with E-state index in [1.807, 2.05) is 0 Å². The summed E-state index contributed by atoms with van der Waals surface area (Å²) < 4.78 is 0. The maximum atomic E-state index is 11.7. The molecule has 0 spiro atoms. The van der Waals surface area contributed by atoms with Gasteiger partial charge in [-0.3, -0.25) is 0 Å². The van der Waals surface area contributed by atoms with Gasteiger partial charge in [-0.2, -0.15) is 5.26 Å². The summed E-state index contributed by atoms with van der Waals surface area (Å²) in [6.07, 6.45) is 3.32. The average Bonchev–Trinajstić information content (AvgIpc) is 2.96. The number of carboxylic acids is 1. The van der Waals surface area contributed by atoms with Gasteiger partial charge in [-0.25, -0.2) is 4.79 Å². The summed E-state index contributed by atoms with van der Waals surface area (Å²) in [6.45, 7) is 1.74. The van der Waals surface area contributed by atoms with E-state index in [-0.39, 0.29) is 4.88 Å². The fourth-order valence-corrected chi connectivity index (χ4v) is 4.18. The van der Waals surface area contributed by atoms with E-state index in [2.05, 4.69) is 11.0 Å². The molecule has 23 heavy (non-hydrogen) atoms. The standard InChI is InChI=1S/C17H15ClN2O2S/c18-12-6-4-11(5-7-12)14-13(10-19)16(23-15(14)17(21)22)20-8-2-1-3-9-20/h4-7H,1-3,8-9H2,(H,21,22). The van der Waals surface area contributed by atoms with Crippen molar-refractivity contribution in [2.24, 2.45) is 0 Å². The molecular formula is C17H15ClN2O2S. The molecule has 0 aliphatic carbocycles. The van der Waals surface area contributed by atoms with E-state index < -0.39 is 5.97 Å². The van der Waals surface area contributed by atoms with Crippen LogP contribution in [-0.4, -0.2) is 24.2 Å². The highest BCUT2D eigenvalue weighted by atomic mass is 35.5. The molecule has 3 rings (SSSR count). The number of benzene rings is 1. The van der Waals surface area contributed by atoms with Crippen LogP contribution in [0.25, 0.3) is 11.1 Å². The Hall–Kier alpha value is -2.03. The molecule has 0 atom stereocenters. The summed E-state index contributed by atoms with van der Waals surface area (Å²) in [5.74, 6) is -1.00. The first-order valence-electron chi connectivity index (χ1n) is 7.43. The number of carbonyl (C=O) groups is 1. The van der Waals surface area contributed by atoms with Gasteiger partial charge in [0, 0.05) is 23.7 Å². The minimum atomic E-state index is -1.00. The van der Waals surface area contributed by atoms with E-state index in [1.54, 1.807) is 24.3 Å². The highest BCUT2D eigenvalue weighted by molar-refractivity contribution is 7.18. The first kappa shape index (κ1) is 15.9. The van der Waals surface area contributed by atoms with Crippen LogP contribution in [0, 0.1) is 11.3 Å². The fraction of sp³-hybridized carbons (Fsp3) is 0.294. The molecule has 1 aromatic carbocycles. The molecule has 0 bridgehead atoms. The largest absolute Gasteiger partial charge is 0.477 e. The molecule has 4 nitrogen and oxygen atoms in total. The second kappa shape index (κ2) is 6.61. The van der Waals surface area contributed by atoms with Crippen LogP contribution in [-0.2, 0) is 0 Å². The number of piperidine rings is 1. The van der Waals surface area contributed by atoms with E-state index in [0.717, 1.165) is 30.9 Å². The molecule has 0 saturated carbocycles. The van der Waals surface area contributed by atoms with E-state index >= 15 is 0 Å². The van der Waals surface area contributed by atoms with Crippen LogP contribution in [0.15, 0.2) is 24.3 Å². The summed E-state index contributed by atoms with van der Waals surface area (Å²) in [7, 11) is 0. The van der Waals surface area contributed by atoms with E-state index in [1.165, 1.54) is 17.8 Å². The van der Waals surface area contributed by atoms with Crippen LogP contribution in [0.2, 0.25) is 5.02 Å². The van der Waals surface area contributed by atoms with Crippen molar-refractivity contribution in [1.29, 1.82) is 5.26 Å². The maximum absolute atomic E-state index is 11.7. The van der Waals surface area contributed by atoms with Crippen LogP contribution in [0.3, 0.4) is 0 Å². The molecule has 118 valence electrons. The lowest BCUT2D eigenvalue weighted by atomic mass is 10.0. The molecule has 1 aliphatic heterocycles. The number of nitriles is 1. The molecule has 2 aromatic rings. The number of anilines is 1. The van der Waals surface area contributed by atoms with Gasteiger partial charge in [0.05, 0.1) is 5.56 Å². The number of hydrogen-bond acceptors (Lipinski definition) is 4. The lowest BCUT2D eigenvalue weighted by molar-refractivity contribution is 0.0703. The van der Waals surface area contributed by atoms with E-state index in [4.69, 9.17) is 11.6 Å². The third-order valence-electron chi connectivity index (χ3n) is 3.97. The molecule has 1 fully saturated rings. The first-order valence-corrected chi connectivity index (χ1v) is 8.62. The van der Waals surface area contributed by atoms with Crippen molar-refractivity contribution in [3.63, 3.8) is 0 Å². The second-order valence-electron chi connectivity index (χ2n) is 5.46. The normalized spacial score (nSPS) is 14.5. The van der Waals surface area contributed by atoms with Gasteiger partial charge in [-0.15, -0.1) is 11.3 Å². The van der Waals surface area contributed by atoms with Gasteiger partial charge in [-0.1, -0.05) is 23.7 Å². The molecule has 1 aromatic heterocycles. The van der Waals surface area contributed by atoms with Gasteiger partial charge in [0.2, 0.25) is 0 Å². The third-order valence-corrected chi connectivity index (χ3v) is 5.46. The van der Waals surface area contributed by atoms with Crippen molar-refractivity contribution in [2.45, 2.75) is 19.3 Å². The van der Waals surface area contributed by atoms with E-state index in [0.29, 0.717) is 21.7 Å². The molecule has 0 unspecified atom stereocenters. The quantitative estimate of drug-likeness (QED) is 0.880. The van der Waals surface area contributed by atoms with Gasteiger partial charge in [0.15, 0.2) is 0 Å². The molecule has 2 heterocycles. The van der Waals surface area contributed by atoms with Crippen molar-refractivity contribution in [3.8, 4) is 17.2 Å². The molecule has 1 N–H and O–H groups in total. The highest BCUT2D eigenvalue weighted by Gasteiger charge is 2.27. The first-order chi connectivity index (χ1) is 11.1. The number of nitrogens with zero attached hydrogens (tertiary/aromatic N) is 2. The maximum Gasteiger partial charge on any atom is 0.346 e. The van der Waals surface area contributed by atoms with Crippen LogP contribution >= 0.6 is 22.9 Å². The monoisotopic (exact) mass is 346 g/mol. The Morgan fingerprint density at radius 2 is 1.87 bits per heavy atom. The molecule has 0 amide bonds. The minimum absolute atomic E-state index is 0.212. The Bertz CT molecular complexity index is 771. The van der Waals surface area contributed by atoms with Gasteiger partial charge in [0.25, 0.3) is 0 Å². The van der Waals surface area contributed by atoms with Crippen LogP contribution in [0.4, 0.5) is 5.00 Å². The Balaban J connectivity index is 2.16. The van der Waals surface area contributed by atoms with Gasteiger partial charge >= 0.3 is 5.97 Å². The molecule has 6 heteroatoms. The van der Waals surface area contributed by atoms with Crippen LogP contribution < -0.4 is 4.90 Å². The molecular weight excluding hydrogens is 332 g/mol. The molecule has 1 saturated heterocycles. The van der Waals surface area contributed by atoms with Crippen molar-refractivity contribution < 1.29 is 9.90 Å². The van der Waals surface area contributed by atoms with Crippen molar-refractivity contribution in [1.82, 2.24) is 0 Å². The van der Waals surface area contributed by atoms with Gasteiger partial charge in [-0.05, 0) is 37.0 Å². The number of thiophene rings is 1. The zero-order chi connectivity index (χ0) is 16.4. The molecule has 1 aliphatic rings. The number of halogens is 1. The number of hydrogen-bond donors (Lipinski definition) is 1. The number of carboxylic acid groups (broad SMARTS) is 1. The summed E-state index contributed by atoms with van der Waals surface area (Å²) in [5.41, 5.74) is 1.67. The smallest absolute Gasteiger partial charge is 0.346 e. The van der Waals surface area contributed by atoms with Crippen LogP contribution in [0.1, 0.15) is 34.5 Å². The topological polar surface area (TPSA) is 64.3 Å². The van der Waals surface area contributed by atoms with Crippen LogP contribution in [0.5, 0.6) is 0 Å². The zero-order valence-corrected chi connectivity index (χ0v) is 14.0. The van der Waals surface area contributed by atoms with Crippen molar-refractivity contribution >= 4 is 33.9 Å². The summed E-state index contributed by atoms with van der Waals surface area (Å²) in [6, 6.07) is 9.17. The Kier molecular flexibility index (Phi) is 4.56. The van der Waals surface area contributed by atoms with Crippen molar-refractivity contribution in [2.75, 3.05) is 18.0 Å². The predicted molar refractivity (Wildman–Crippen MR) is 92.5 cm³/mol. The number of aromatic carboxylic acids is 1. The Morgan fingerprint density at radius 1 is 1.22 bits per heavy atom. The summed E-state index contributed by atoms with van der Waals surface area (Å²) in [5, 5.41) is 20.6. The Labute approximate surface area is 143 Å². The summed E-state index contributed by atoms with van der Waals surface area (Å²) in [4.78, 5) is 14.0. The van der Waals surface area contributed by atoms with Gasteiger partial charge in [0.1, 0.15) is 15.9 Å². The third kappa shape index (κ3) is 3.05. The van der Waals surface area contributed by atoms with Gasteiger partial charge < -0.3 is 10.0 Å². The average molecular weight is 347 g/mol. The lowest BCUT2D eigenvalue weighted by Gasteiger charge is -2.27. The zero-order valence-electron chi connectivity index (χ0n) is 12.4. The fourth-order valence-electron chi connectivity index (χ4n) is 2.89. The lowest BCUT2D eigenvalue weighted by Crippen LogP contribution is -2.29. The SMILES string of the molecule is N#Cc1c(N2CCCCC2)sc(C(=O)O)c1-c1ccc(Cl)cc1. The molecule has 0 radical (unpaired) electrons. The number of rotatable bonds is 3. The van der Waals surface area contributed by atoms with Crippen molar-refractivity contribution in [3.05, 3.63) is 39.7 Å². The second-order valence-corrected chi connectivity index (χ2v) is 6.89. The van der Waals surface area contributed by atoms with E-state index in [9.17, 15) is 15.2 Å². The summed E-state index contributed by atoms with van der Waals surface area (Å²) >= 11 is 7.11. The predicted octanol–water partition coefficient (Wildman–Crippen LogP) is 4.63. The Morgan fingerprint density at radius 3 is 2.43 bits per heavy atom.